The Labute approximate surface area is 73.8 Å². The van der Waals surface area contributed by atoms with Gasteiger partial charge in [0.1, 0.15) is 0 Å². The Balaban J connectivity index is 2.60. The summed E-state index contributed by atoms with van der Waals surface area (Å²) in [4.78, 5) is 0. The van der Waals surface area contributed by atoms with Crippen LogP contribution in [-0.4, -0.2) is 38.1 Å². The molecule has 72 valence electrons. The lowest BCUT2D eigenvalue weighted by atomic mass is 9.93. The van der Waals surface area contributed by atoms with E-state index in [4.69, 9.17) is 5.73 Å². The molecule has 1 saturated carbocycles. The van der Waals surface area contributed by atoms with E-state index in [1.165, 1.54) is 10.6 Å². The standard InChI is InChI=1S/C7H16N2O2S/c1-12(10,11)9(6-5-8)7-3-2-4-7/h7H,2-6,8H2,1H3. The maximum atomic E-state index is 11.2. The van der Waals surface area contributed by atoms with Gasteiger partial charge in [-0.15, -0.1) is 0 Å². The molecule has 1 rings (SSSR count). The predicted octanol–water partition coefficient (Wildman–Crippen LogP) is -0.241. The van der Waals surface area contributed by atoms with Gasteiger partial charge in [-0.1, -0.05) is 6.42 Å². The third kappa shape index (κ3) is 2.18. The van der Waals surface area contributed by atoms with Gasteiger partial charge in [0.2, 0.25) is 10.0 Å². The minimum absolute atomic E-state index is 0.226. The number of hydrogen-bond acceptors (Lipinski definition) is 3. The van der Waals surface area contributed by atoms with E-state index in [9.17, 15) is 8.42 Å². The maximum Gasteiger partial charge on any atom is 0.211 e. The van der Waals surface area contributed by atoms with E-state index in [0.717, 1.165) is 19.3 Å². The molecule has 0 heterocycles. The lowest BCUT2D eigenvalue weighted by Gasteiger charge is -2.35. The van der Waals surface area contributed by atoms with Gasteiger partial charge in [-0.2, -0.15) is 4.31 Å². The molecule has 1 aliphatic carbocycles. The van der Waals surface area contributed by atoms with Crippen LogP contribution in [0.3, 0.4) is 0 Å². The van der Waals surface area contributed by atoms with Crippen molar-refractivity contribution < 1.29 is 8.42 Å². The van der Waals surface area contributed by atoms with Crippen molar-refractivity contribution in [1.82, 2.24) is 4.31 Å². The van der Waals surface area contributed by atoms with Gasteiger partial charge in [-0.3, -0.25) is 0 Å². The van der Waals surface area contributed by atoms with E-state index >= 15 is 0 Å². The highest BCUT2D eigenvalue weighted by Gasteiger charge is 2.30. The summed E-state index contributed by atoms with van der Waals surface area (Å²) >= 11 is 0. The van der Waals surface area contributed by atoms with Gasteiger partial charge in [0.25, 0.3) is 0 Å². The fourth-order valence-electron chi connectivity index (χ4n) is 1.42. The molecule has 0 aromatic carbocycles. The van der Waals surface area contributed by atoms with Crippen LogP contribution in [0.4, 0.5) is 0 Å². The highest BCUT2D eigenvalue weighted by molar-refractivity contribution is 7.88. The predicted molar refractivity (Wildman–Crippen MR) is 48.2 cm³/mol. The minimum Gasteiger partial charge on any atom is -0.329 e. The van der Waals surface area contributed by atoms with Crippen LogP contribution in [0.15, 0.2) is 0 Å². The smallest absolute Gasteiger partial charge is 0.211 e. The van der Waals surface area contributed by atoms with Crippen molar-refractivity contribution in [2.24, 2.45) is 5.73 Å². The quantitative estimate of drug-likeness (QED) is 0.668. The summed E-state index contributed by atoms with van der Waals surface area (Å²) in [6.07, 6.45) is 4.38. The van der Waals surface area contributed by atoms with Gasteiger partial charge in [0, 0.05) is 19.1 Å². The Morgan fingerprint density at radius 3 is 2.33 bits per heavy atom. The van der Waals surface area contributed by atoms with Crippen molar-refractivity contribution in [3.63, 3.8) is 0 Å². The van der Waals surface area contributed by atoms with E-state index in [2.05, 4.69) is 0 Å². The number of nitrogens with two attached hydrogens (primary N) is 1. The molecule has 0 spiro atoms. The first kappa shape index (κ1) is 9.95. The van der Waals surface area contributed by atoms with Crippen LogP contribution < -0.4 is 5.73 Å². The minimum atomic E-state index is -3.03. The summed E-state index contributed by atoms with van der Waals surface area (Å²) in [7, 11) is -3.03. The van der Waals surface area contributed by atoms with Crippen LogP contribution in [0.25, 0.3) is 0 Å². The lowest BCUT2D eigenvalue weighted by molar-refractivity contribution is 0.224. The molecule has 0 unspecified atom stereocenters. The van der Waals surface area contributed by atoms with Crippen molar-refractivity contribution in [3.8, 4) is 0 Å². The molecule has 2 N–H and O–H groups in total. The van der Waals surface area contributed by atoms with Crippen LogP contribution in [0, 0.1) is 0 Å². The zero-order valence-electron chi connectivity index (χ0n) is 7.36. The van der Waals surface area contributed by atoms with E-state index in [0.29, 0.717) is 13.1 Å². The van der Waals surface area contributed by atoms with Crippen molar-refractivity contribution in [1.29, 1.82) is 0 Å². The highest BCUT2D eigenvalue weighted by Crippen LogP contribution is 2.25. The Morgan fingerprint density at radius 2 is 2.08 bits per heavy atom. The summed E-state index contributed by atoms with van der Waals surface area (Å²) in [5, 5.41) is 0. The number of sulfonamides is 1. The van der Waals surface area contributed by atoms with E-state index in [1.807, 2.05) is 0 Å². The van der Waals surface area contributed by atoms with Crippen LogP contribution >= 0.6 is 0 Å². The molecule has 4 nitrogen and oxygen atoms in total. The van der Waals surface area contributed by atoms with Crippen molar-refractivity contribution in [3.05, 3.63) is 0 Å². The third-order valence-corrected chi connectivity index (χ3v) is 3.59. The fourth-order valence-corrected chi connectivity index (χ4v) is 2.61. The molecule has 0 radical (unpaired) electrons. The first-order valence-electron chi connectivity index (χ1n) is 4.22. The lowest BCUT2D eigenvalue weighted by Crippen LogP contribution is -2.45. The maximum absolute atomic E-state index is 11.2. The molecule has 0 aromatic heterocycles. The van der Waals surface area contributed by atoms with Crippen molar-refractivity contribution in [2.45, 2.75) is 25.3 Å². The van der Waals surface area contributed by atoms with Crippen LogP contribution in [0.2, 0.25) is 0 Å². The Hall–Kier alpha value is -0.130. The molecular weight excluding hydrogens is 176 g/mol. The van der Waals surface area contributed by atoms with Crippen LogP contribution in [0.5, 0.6) is 0 Å². The molecule has 0 amide bonds. The molecule has 0 aliphatic heterocycles. The van der Waals surface area contributed by atoms with Gasteiger partial charge >= 0.3 is 0 Å². The molecular formula is C7H16N2O2S. The van der Waals surface area contributed by atoms with E-state index in [-0.39, 0.29) is 6.04 Å². The summed E-state index contributed by atoms with van der Waals surface area (Å²) in [6, 6.07) is 0.226. The fraction of sp³-hybridized carbons (Fsp3) is 1.00. The second-order valence-corrected chi connectivity index (χ2v) is 5.18. The Morgan fingerprint density at radius 1 is 1.50 bits per heavy atom. The number of rotatable bonds is 4. The van der Waals surface area contributed by atoms with Crippen LogP contribution in [-0.2, 0) is 10.0 Å². The second kappa shape index (κ2) is 3.72. The zero-order valence-corrected chi connectivity index (χ0v) is 8.18. The molecule has 12 heavy (non-hydrogen) atoms. The largest absolute Gasteiger partial charge is 0.329 e. The first-order valence-corrected chi connectivity index (χ1v) is 6.07. The zero-order chi connectivity index (χ0) is 9.19. The van der Waals surface area contributed by atoms with Gasteiger partial charge in [0.05, 0.1) is 6.26 Å². The molecule has 0 bridgehead atoms. The van der Waals surface area contributed by atoms with Gasteiger partial charge < -0.3 is 5.73 Å². The summed E-state index contributed by atoms with van der Waals surface area (Å²) in [5.74, 6) is 0. The van der Waals surface area contributed by atoms with Gasteiger partial charge in [-0.05, 0) is 12.8 Å². The molecule has 5 heteroatoms. The molecule has 0 saturated heterocycles. The molecule has 1 aliphatic rings. The molecule has 0 aromatic rings. The van der Waals surface area contributed by atoms with Gasteiger partial charge in [-0.25, -0.2) is 8.42 Å². The van der Waals surface area contributed by atoms with Crippen molar-refractivity contribution in [2.75, 3.05) is 19.3 Å². The molecule has 1 fully saturated rings. The summed E-state index contributed by atoms with van der Waals surface area (Å²) in [6.45, 7) is 0.868. The SMILES string of the molecule is CS(=O)(=O)N(CCN)C1CCC1. The topological polar surface area (TPSA) is 63.4 Å². The molecule has 0 atom stereocenters. The Bertz CT molecular complexity index is 234. The Kier molecular flexibility index (Phi) is 3.09. The highest BCUT2D eigenvalue weighted by atomic mass is 32.2. The van der Waals surface area contributed by atoms with E-state index < -0.39 is 10.0 Å². The summed E-state index contributed by atoms with van der Waals surface area (Å²) in [5.41, 5.74) is 5.34. The van der Waals surface area contributed by atoms with Crippen molar-refractivity contribution >= 4 is 10.0 Å². The average Bonchev–Trinajstić information content (AvgIpc) is 1.80. The van der Waals surface area contributed by atoms with Gasteiger partial charge in [0.15, 0.2) is 0 Å². The van der Waals surface area contributed by atoms with E-state index in [1.54, 1.807) is 0 Å². The third-order valence-electron chi connectivity index (χ3n) is 2.26. The second-order valence-electron chi connectivity index (χ2n) is 3.25. The normalized spacial score (nSPS) is 19.6. The first-order chi connectivity index (χ1) is 5.55. The van der Waals surface area contributed by atoms with Crippen LogP contribution in [0.1, 0.15) is 19.3 Å². The monoisotopic (exact) mass is 192 g/mol. The summed E-state index contributed by atoms with van der Waals surface area (Å²) < 4.78 is 24.0. The number of nitrogens with zero attached hydrogens (tertiary/aromatic N) is 1. The average molecular weight is 192 g/mol. The number of hydrogen-bond donors (Lipinski definition) is 1.